The fourth-order valence-electron chi connectivity index (χ4n) is 4.10. The molecular formula is C20H31N3O. The van der Waals surface area contributed by atoms with Crippen molar-refractivity contribution in [1.29, 1.82) is 0 Å². The molecule has 0 radical (unpaired) electrons. The highest BCUT2D eigenvalue weighted by atomic mass is 16.2. The lowest BCUT2D eigenvalue weighted by molar-refractivity contribution is -0.127. The summed E-state index contributed by atoms with van der Waals surface area (Å²) in [5, 5.41) is 6.74. The van der Waals surface area contributed by atoms with Crippen molar-refractivity contribution in [1.82, 2.24) is 15.5 Å². The van der Waals surface area contributed by atoms with E-state index >= 15 is 0 Å². The van der Waals surface area contributed by atoms with Crippen LogP contribution in [0.1, 0.15) is 45.1 Å². The highest BCUT2D eigenvalue weighted by Crippen LogP contribution is 2.30. The van der Waals surface area contributed by atoms with E-state index in [9.17, 15) is 4.79 Å². The van der Waals surface area contributed by atoms with E-state index in [1.54, 1.807) is 0 Å². The van der Waals surface area contributed by atoms with Gasteiger partial charge in [0.1, 0.15) is 0 Å². The number of amides is 1. The monoisotopic (exact) mass is 329 g/mol. The molecule has 1 aromatic rings. The van der Waals surface area contributed by atoms with Gasteiger partial charge in [0.2, 0.25) is 5.91 Å². The fraction of sp³-hybridized carbons (Fsp3) is 0.650. The molecule has 0 bridgehead atoms. The first-order valence-corrected chi connectivity index (χ1v) is 9.35. The molecule has 2 aliphatic rings. The predicted molar refractivity (Wildman–Crippen MR) is 97.7 cm³/mol. The molecule has 2 unspecified atom stereocenters. The van der Waals surface area contributed by atoms with Gasteiger partial charge in [-0.1, -0.05) is 44.2 Å². The van der Waals surface area contributed by atoms with Gasteiger partial charge in [-0.25, -0.2) is 0 Å². The third kappa shape index (κ3) is 4.37. The van der Waals surface area contributed by atoms with Crippen molar-refractivity contribution < 1.29 is 4.79 Å². The summed E-state index contributed by atoms with van der Waals surface area (Å²) < 4.78 is 0. The molecule has 24 heavy (non-hydrogen) atoms. The van der Waals surface area contributed by atoms with Crippen molar-refractivity contribution in [2.24, 2.45) is 5.41 Å². The molecule has 2 fully saturated rings. The minimum absolute atomic E-state index is 0.0424. The van der Waals surface area contributed by atoms with Crippen molar-refractivity contribution in [3.05, 3.63) is 35.9 Å². The molecule has 3 rings (SSSR count). The Bertz CT molecular complexity index is 543. The largest absolute Gasteiger partial charge is 0.351 e. The first kappa shape index (κ1) is 17.4. The molecule has 0 saturated carbocycles. The Balaban J connectivity index is 1.54. The van der Waals surface area contributed by atoms with Crippen LogP contribution in [0, 0.1) is 5.41 Å². The van der Waals surface area contributed by atoms with E-state index in [1.807, 2.05) is 0 Å². The molecule has 0 aromatic heterocycles. The number of rotatable bonds is 4. The van der Waals surface area contributed by atoms with E-state index in [0.29, 0.717) is 0 Å². The minimum Gasteiger partial charge on any atom is -0.351 e. The third-order valence-corrected chi connectivity index (χ3v) is 5.49. The maximum atomic E-state index is 12.8. The molecule has 2 heterocycles. The Morgan fingerprint density at radius 2 is 2.08 bits per heavy atom. The van der Waals surface area contributed by atoms with Gasteiger partial charge in [0.15, 0.2) is 0 Å². The number of nitrogens with one attached hydrogen (secondary N) is 2. The Labute approximate surface area is 146 Å². The normalized spacial score (nSPS) is 27.6. The van der Waals surface area contributed by atoms with E-state index in [4.69, 9.17) is 0 Å². The minimum atomic E-state index is -0.0595. The molecule has 4 heteroatoms. The topological polar surface area (TPSA) is 44.4 Å². The number of benzene rings is 1. The Morgan fingerprint density at radius 3 is 2.83 bits per heavy atom. The van der Waals surface area contributed by atoms with Gasteiger partial charge in [0, 0.05) is 19.1 Å². The number of nitrogens with zero attached hydrogens (tertiary/aromatic N) is 1. The standard InChI is InChI=1S/C20H31N3O/c1-20(2)11-7-12-21-18(20)19(24)22-17-10-6-13-23(15-17)14-16-8-4-3-5-9-16/h3-5,8-9,17-18,21H,6-7,10-15H2,1-2H3,(H,22,24). The number of piperidine rings is 2. The molecule has 2 saturated heterocycles. The highest BCUT2D eigenvalue weighted by Gasteiger charge is 2.38. The second-order valence-corrected chi connectivity index (χ2v) is 8.05. The zero-order valence-corrected chi connectivity index (χ0v) is 15.1. The summed E-state index contributed by atoms with van der Waals surface area (Å²) in [7, 11) is 0. The summed E-state index contributed by atoms with van der Waals surface area (Å²) >= 11 is 0. The second kappa shape index (κ2) is 7.66. The second-order valence-electron chi connectivity index (χ2n) is 8.05. The van der Waals surface area contributed by atoms with Gasteiger partial charge in [0.25, 0.3) is 0 Å². The Morgan fingerprint density at radius 1 is 1.29 bits per heavy atom. The lowest BCUT2D eigenvalue weighted by Gasteiger charge is -2.40. The summed E-state index contributed by atoms with van der Waals surface area (Å²) in [5.41, 5.74) is 1.39. The van der Waals surface area contributed by atoms with Crippen molar-refractivity contribution in [3.8, 4) is 0 Å². The van der Waals surface area contributed by atoms with Crippen LogP contribution in [0.4, 0.5) is 0 Å². The van der Waals surface area contributed by atoms with E-state index in [2.05, 4.69) is 59.7 Å². The molecular weight excluding hydrogens is 298 g/mol. The lowest BCUT2D eigenvalue weighted by atomic mass is 9.77. The summed E-state index contributed by atoms with van der Waals surface area (Å²) in [6.07, 6.45) is 4.51. The van der Waals surface area contributed by atoms with Crippen LogP contribution in [-0.2, 0) is 11.3 Å². The number of carbonyl (C=O) groups is 1. The van der Waals surface area contributed by atoms with Crippen LogP contribution in [0.3, 0.4) is 0 Å². The quantitative estimate of drug-likeness (QED) is 0.892. The summed E-state index contributed by atoms with van der Waals surface area (Å²) in [5.74, 6) is 0.186. The van der Waals surface area contributed by atoms with E-state index in [-0.39, 0.29) is 23.4 Å². The third-order valence-electron chi connectivity index (χ3n) is 5.49. The summed E-state index contributed by atoms with van der Waals surface area (Å²) in [6.45, 7) is 8.40. The Hall–Kier alpha value is -1.39. The van der Waals surface area contributed by atoms with Gasteiger partial charge in [-0.05, 0) is 49.8 Å². The highest BCUT2D eigenvalue weighted by molar-refractivity contribution is 5.83. The number of carbonyl (C=O) groups excluding carboxylic acids is 1. The number of hydrogen-bond acceptors (Lipinski definition) is 3. The SMILES string of the molecule is CC1(C)CCCNC1C(=O)NC1CCCN(Cc2ccccc2)C1. The van der Waals surface area contributed by atoms with Crippen molar-refractivity contribution in [2.75, 3.05) is 19.6 Å². The first-order valence-electron chi connectivity index (χ1n) is 9.35. The summed E-state index contributed by atoms with van der Waals surface area (Å²) in [4.78, 5) is 15.2. The zero-order valence-electron chi connectivity index (χ0n) is 15.1. The van der Waals surface area contributed by atoms with Crippen molar-refractivity contribution in [2.45, 2.75) is 58.2 Å². The van der Waals surface area contributed by atoms with Crippen LogP contribution in [0.2, 0.25) is 0 Å². The number of likely N-dealkylation sites (tertiary alicyclic amines) is 1. The average Bonchev–Trinajstić information content (AvgIpc) is 2.55. The maximum Gasteiger partial charge on any atom is 0.237 e. The molecule has 2 atom stereocenters. The van der Waals surface area contributed by atoms with Crippen molar-refractivity contribution >= 4 is 5.91 Å². The average molecular weight is 329 g/mol. The zero-order chi connectivity index (χ0) is 17.0. The van der Waals surface area contributed by atoms with E-state index in [1.165, 1.54) is 5.56 Å². The van der Waals surface area contributed by atoms with Crippen LogP contribution in [0.15, 0.2) is 30.3 Å². The van der Waals surface area contributed by atoms with Gasteiger partial charge in [-0.15, -0.1) is 0 Å². The van der Waals surface area contributed by atoms with Crippen LogP contribution in [-0.4, -0.2) is 42.5 Å². The van der Waals surface area contributed by atoms with Crippen LogP contribution in [0.5, 0.6) is 0 Å². The van der Waals surface area contributed by atoms with E-state index in [0.717, 1.165) is 51.9 Å². The van der Waals surface area contributed by atoms with Gasteiger partial charge < -0.3 is 10.6 Å². The molecule has 0 spiro atoms. The molecule has 132 valence electrons. The maximum absolute atomic E-state index is 12.8. The summed E-state index contributed by atoms with van der Waals surface area (Å²) in [6, 6.07) is 10.8. The smallest absolute Gasteiger partial charge is 0.237 e. The first-order chi connectivity index (χ1) is 11.5. The van der Waals surface area contributed by atoms with Gasteiger partial charge in [-0.3, -0.25) is 9.69 Å². The van der Waals surface area contributed by atoms with Crippen LogP contribution >= 0.6 is 0 Å². The number of hydrogen-bond donors (Lipinski definition) is 2. The van der Waals surface area contributed by atoms with E-state index < -0.39 is 0 Å². The molecule has 4 nitrogen and oxygen atoms in total. The lowest BCUT2D eigenvalue weighted by Crippen LogP contribution is -2.58. The Kier molecular flexibility index (Phi) is 5.57. The van der Waals surface area contributed by atoms with Crippen molar-refractivity contribution in [3.63, 3.8) is 0 Å². The van der Waals surface area contributed by atoms with Crippen LogP contribution < -0.4 is 10.6 Å². The molecule has 1 amide bonds. The molecule has 2 N–H and O–H groups in total. The van der Waals surface area contributed by atoms with Crippen LogP contribution in [0.25, 0.3) is 0 Å². The van der Waals surface area contributed by atoms with Gasteiger partial charge >= 0.3 is 0 Å². The molecule has 1 aromatic carbocycles. The van der Waals surface area contributed by atoms with Gasteiger partial charge in [0.05, 0.1) is 6.04 Å². The van der Waals surface area contributed by atoms with Gasteiger partial charge in [-0.2, -0.15) is 0 Å². The fourth-order valence-corrected chi connectivity index (χ4v) is 4.10. The molecule has 0 aliphatic carbocycles. The molecule has 2 aliphatic heterocycles. The predicted octanol–water partition coefficient (Wildman–Crippen LogP) is 2.55.